The lowest BCUT2D eigenvalue weighted by atomic mass is 10.1. The molecule has 2 rings (SSSR count). The Morgan fingerprint density at radius 3 is 2.69 bits per heavy atom. The molecule has 2 aromatic rings. The van der Waals surface area contributed by atoms with Crippen LogP contribution in [-0.4, -0.2) is 9.78 Å². The second kappa shape index (κ2) is 4.63. The normalized spacial score (nSPS) is 10.0. The number of hydrogen-bond donors (Lipinski definition) is 0. The van der Waals surface area contributed by atoms with E-state index in [1.807, 2.05) is 48.1 Å². The number of benzene rings is 1. The second-order valence-electron chi connectivity index (χ2n) is 3.56. The van der Waals surface area contributed by atoms with Gasteiger partial charge < -0.3 is 0 Å². The van der Waals surface area contributed by atoms with Crippen LogP contribution in [0.15, 0.2) is 36.5 Å². The summed E-state index contributed by atoms with van der Waals surface area (Å²) < 4.78 is 1.87. The van der Waals surface area contributed by atoms with Crippen LogP contribution in [0.5, 0.6) is 0 Å². The summed E-state index contributed by atoms with van der Waals surface area (Å²) in [7, 11) is 0. The zero-order valence-electron chi connectivity index (χ0n) is 9.22. The van der Waals surface area contributed by atoms with Crippen LogP contribution < -0.4 is 0 Å². The highest BCUT2D eigenvalue weighted by atomic mass is 15.3. The molecule has 1 aromatic carbocycles. The van der Waals surface area contributed by atoms with Crippen LogP contribution in [0.25, 0.3) is 11.3 Å². The molecule has 0 aliphatic carbocycles. The SMILES string of the molecule is CCn1cc(CC#N)c(-c2ccccc2)n1. The highest BCUT2D eigenvalue weighted by molar-refractivity contribution is 5.62. The van der Waals surface area contributed by atoms with Crippen molar-refractivity contribution in [2.24, 2.45) is 0 Å². The van der Waals surface area contributed by atoms with E-state index in [1.165, 1.54) is 0 Å². The maximum absolute atomic E-state index is 8.79. The molecule has 80 valence electrons. The summed E-state index contributed by atoms with van der Waals surface area (Å²) in [6.07, 6.45) is 2.36. The minimum Gasteiger partial charge on any atom is -0.272 e. The molecule has 3 nitrogen and oxygen atoms in total. The molecule has 0 spiro atoms. The number of aryl methyl sites for hydroxylation is 1. The Hall–Kier alpha value is -2.08. The van der Waals surface area contributed by atoms with Gasteiger partial charge in [-0.05, 0) is 6.92 Å². The van der Waals surface area contributed by atoms with Gasteiger partial charge >= 0.3 is 0 Å². The summed E-state index contributed by atoms with van der Waals surface area (Å²) >= 11 is 0. The lowest BCUT2D eigenvalue weighted by molar-refractivity contribution is 0.661. The molecule has 0 bridgehead atoms. The van der Waals surface area contributed by atoms with Gasteiger partial charge in [0, 0.05) is 23.9 Å². The van der Waals surface area contributed by atoms with Crippen LogP contribution in [-0.2, 0) is 13.0 Å². The molecule has 0 radical (unpaired) electrons. The molecule has 0 saturated carbocycles. The lowest BCUT2D eigenvalue weighted by Crippen LogP contribution is -1.93. The van der Waals surface area contributed by atoms with E-state index in [0.717, 1.165) is 23.4 Å². The van der Waals surface area contributed by atoms with Gasteiger partial charge in [-0.15, -0.1) is 0 Å². The fourth-order valence-electron chi connectivity index (χ4n) is 1.68. The Labute approximate surface area is 94.9 Å². The number of rotatable bonds is 3. The summed E-state index contributed by atoms with van der Waals surface area (Å²) in [4.78, 5) is 0. The van der Waals surface area contributed by atoms with Crippen LogP contribution in [0.4, 0.5) is 0 Å². The van der Waals surface area contributed by atoms with Crippen molar-refractivity contribution in [3.63, 3.8) is 0 Å². The summed E-state index contributed by atoms with van der Waals surface area (Å²) in [5.41, 5.74) is 2.99. The summed E-state index contributed by atoms with van der Waals surface area (Å²) in [6.45, 7) is 2.86. The Morgan fingerprint density at radius 2 is 2.06 bits per heavy atom. The van der Waals surface area contributed by atoms with Crippen LogP contribution in [0.3, 0.4) is 0 Å². The van der Waals surface area contributed by atoms with E-state index in [2.05, 4.69) is 11.2 Å². The van der Waals surface area contributed by atoms with Gasteiger partial charge in [0.1, 0.15) is 0 Å². The monoisotopic (exact) mass is 211 g/mol. The highest BCUT2D eigenvalue weighted by Crippen LogP contribution is 2.21. The maximum atomic E-state index is 8.79. The lowest BCUT2D eigenvalue weighted by Gasteiger charge is -1.98. The fraction of sp³-hybridized carbons (Fsp3) is 0.231. The maximum Gasteiger partial charge on any atom is 0.0965 e. The molecule has 0 N–H and O–H groups in total. The van der Waals surface area contributed by atoms with E-state index in [1.54, 1.807) is 0 Å². The highest BCUT2D eigenvalue weighted by Gasteiger charge is 2.09. The van der Waals surface area contributed by atoms with Crippen molar-refractivity contribution >= 4 is 0 Å². The van der Waals surface area contributed by atoms with Crippen molar-refractivity contribution in [3.05, 3.63) is 42.1 Å². The smallest absolute Gasteiger partial charge is 0.0965 e. The Kier molecular flexibility index (Phi) is 3.02. The minimum atomic E-state index is 0.407. The summed E-state index contributed by atoms with van der Waals surface area (Å²) in [5, 5.41) is 13.3. The molecule has 0 saturated heterocycles. The quantitative estimate of drug-likeness (QED) is 0.783. The average Bonchev–Trinajstić information content (AvgIpc) is 2.74. The topological polar surface area (TPSA) is 41.6 Å². The first-order valence-corrected chi connectivity index (χ1v) is 5.34. The predicted octanol–water partition coefficient (Wildman–Crippen LogP) is 2.64. The fourth-order valence-corrected chi connectivity index (χ4v) is 1.68. The number of aromatic nitrogens is 2. The van der Waals surface area contributed by atoms with E-state index in [4.69, 9.17) is 5.26 Å². The molecular formula is C13H13N3. The third-order valence-electron chi connectivity index (χ3n) is 2.48. The van der Waals surface area contributed by atoms with Gasteiger partial charge in [0.05, 0.1) is 18.2 Å². The van der Waals surface area contributed by atoms with Gasteiger partial charge in [-0.25, -0.2) is 0 Å². The number of nitrogens with zero attached hydrogens (tertiary/aromatic N) is 3. The van der Waals surface area contributed by atoms with Crippen LogP contribution in [0.1, 0.15) is 12.5 Å². The van der Waals surface area contributed by atoms with Gasteiger partial charge in [0.2, 0.25) is 0 Å². The number of hydrogen-bond acceptors (Lipinski definition) is 2. The Morgan fingerprint density at radius 1 is 1.31 bits per heavy atom. The number of nitriles is 1. The van der Waals surface area contributed by atoms with Gasteiger partial charge in [-0.2, -0.15) is 10.4 Å². The molecule has 1 heterocycles. The molecule has 0 atom stereocenters. The molecule has 0 aliphatic heterocycles. The Bertz CT molecular complexity index is 506. The third kappa shape index (κ3) is 1.96. The van der Waals surface area contributed by atoms with E-state index in [0.29, 0.717) is 6.42 Å². The standard InChI is InChI=1S/C13H13N3/c1-2-16-10-12(8-9-14)13(15-16)11-6-4-3-5-7-11/h3-7,10H,2,8H2,1H3. The van der Waals surface area contributed by atoms with Gasteiger partial charge in [-0.1, -0.05) is 30.3 Å². The van der Waals surface area contributed by atoms with E-state index in [-0.39, 0.29) is 0 Å². The predicted molar refractivity (Wildman–Crippen MR) is 62.7 cm³/mol. The van der Waals surface area contributed by atoms with Crippen molar-refractivity contribution in [2.45, 2.75) is 19.9 Å². The molecule has 0 fully saturated rings. The first-order chi connectivity index (χ1) is 7.85. The summed E-state index contributed by atoms with van der Waals surface area (Å²) in [6, 6.07) is 12.2. The van der Waals surface area contributed by atoms with E-state index >= 15 is 0 Å². The molecule has 0 unspecified atom stereocenters. The minimum absolute atomic E-state index is 0.407. The zero-order chi connectivity index (χ0) is 11.4. The molecule has 0 amide bonds. The molecule has 1 aromatic heterocycles. The van der Waals surface area contributed by atoms with E-state index < -0.39 is 0 Å². The molecule has 3 heteroatoms. The van der Waals surface area contributed by atoms with Crippen molar-refractivity contribution in [1.29, 1.82) is 5.26 Å². The largest absolute Gasteiger partial charge is 0.272 e. The summed E-state index contributed by atoms with van der Waals surface area (Å²) in [5.74, 6) is 0. The first-order valence-electron chi connectivity index (χ1n) is 5.34. The van der Waals surface area contributed by atoms with E-state index in [9.17, 15) is 0 Å². The van der Waals surface area contributed by atoms with Gasteiger partial charge in [0.15, 0.2) is 0 Å². The first kappa shape index (κ1) is 10.4. The van der Waals surface area contributed by atoms with Crippen molar-refractivity contribution in [1.82, 2.24) is 9.78 Å². The van der Waals surface area contributed by atoms with Crippen molar-refractivity contribution in [2.75, 3.05) is 0 Å². The second-order valence-corrected chi connectivity index (χ2v) is 3.56. The Balaban J connectivity index is 2.47. The molecule has 16 heavy (non-hydrogen) atoms. The van der Waals surface area contributed by atoms with Crippen molar-refractivity contribution in [3.8, 4) is 17.3 Å². The van der Waals surface area contributed by atoms with Crippen molar-refractivity contribution < 1.29 is 0 Å². The molecule has 0 aliphatic rings. The average molecular weight is 211 g/mol. The van der Waals surface area contributed by atoms with Crippen LogP contribution >= 0.6 is 0 Å². The van der Waals surface area contributed by atoms with Gasteiger partial charge in [0.25, 0.3) is 0 Å². The van der Waals surface area contributed by atoms with Crippen LogP contribution in [0.2, 0.25) is 0 Å². The molecular weight excluding hydrogens is 198 g/mol. The zero-order valence-corrected chi connectivity index (χ0v) is 9.22. The van der Waals surface area contributed by atoms with Crippen LogP contribution in [0, 0.1) is 11.3 Å². The third-order valence-corrected chi connectivity index (χ3v) is 2.48. The van der Waals surface area contributed by atoms with Gasteiger partial charge in [-0.3, -0.25) is 4.68 Å².